The lowest BCUT2D eigenvalue weighted by atomic mass is 10.2. The van der Waals surface area contributed by atoms with Gasteiger partial charge in [0, 0.05) is 19.3 Å². The van der Waals surface area contributed by atoms with Crippen molar-refractivity contribution in [1.82, 2.24) is 10.2 Å². The van der Waals surface area contributed by atoms with Gasteiger partial charge in [-0.3, -0.25) is 0 Å². The molecule has 0 atom stereocenters. The zero-order chi connectivity index (χ0) is 16.5. The highest BCUT2D eigenvalue weighted by Crippen LogP contribution is 2.12. The summed E-state index contributed by atoms with van der Waals surface area (Å²) in [6, 6.07) is 17.5. The van der Waals surface area contributed by atoms with Crippen LogP contribution in [0.25, 0.3) is 6.08 Å². The number of hydrogen-bond donors (Lipinski definition) is 1. The van der Waals surface area contributed by atoms with E-state index in [1.54, 1.807) is 18.2 Å². The summed E-state index contributed by atoms with van der Waals surface area (Å²) in [6.07, 6.45) is 3.52. The van der Waals surface area contributed by atoms with E-state index < -0.39 is 0 Å². The Morgan fingerprint density at radius 2 is 1.83 bits per heavy atom. The van der Waals surface area contributed by atoms with Crippen LogP contribution in [0, 0.1) is 0 Å². The third-order valence-corrected chi connectivity index (χ3v) is 3.48. The van der Waals surface area contributed by atoms with Crippen molar-refractivity contribution < 1.29 is 9.53 Å². The molecule has 1 N–H and O–H groups in total. The first-order valence-electron chi connectivity index (χ1n) is 7.63. The first kappa shape index (κ1) is 16.6. The lowest BCUT2D eigenvalue weighted by molar-refractivity contribution is 0.202. The number of carbonyl (C=O) groups excluding carboxylic acids is 1. The second kappa shape index (κ2) is 8.63. The Morgan fingerprint density at radius 3 is 2.43 bits per heavy atom. The SMILES string of the molecule is CCN(Cc1ccccc1)C(=O)N/C=C/c1ccc(OC)cc1. The Morgan fingerprint density at radius 1 is 1.13 bits per heavy atom. The first-order valence-corrected chi connectivity index (χ1v) is 7.63. The topological polar surface area (TPSA) is 41.6 Å². The number of ether oxygens (including phenoxy) is 1. The van der Waals surface area contributed by atoms with E-state index in [1.807, 2.05) is 67.6 Å². The van der Waals surface area contributed by atoms with Crippen molar-refractivity contribution in [3.8, 4) is 5.75 Å². The van der Waals surface area contributed by atoms with E-state index >= 15 is 0 Å². The number of rotatable bonds is 6. The van der Waals surface area contributed by atoms with Crippen molar-refractivity contribution in [3.63, 3.8) is 0 Å². The van der Waals surface area contributed by atoms with Gasteiger partial charge in [0.2, 0.25) is 0 Å². The Labute approximate surface area is 137 Å². The van der Waals surface area contributed by atoms with Gasteiger partial charge in [-0.25, -0.2) is 4.79 Å². The maximum atomic E-state index is 12.2. The summed E-state index contributed by atoms with van der Waals surface area (Å²) in [5.41, 5.74) is 2.11. The summed E-state index contributed by atoms with van der Waals surface area (Å²) >= 11 is 0. The number of nitrogens with one attached hydrogen (secondary N) is 1. The monoisotopic (exact) mass is 310 g/mol. The van der Waals surface area contributed by atoms with Crippen molar-refractivity contribution >= 4 is 12.1 Å². The van der Waals surface area contributed by atoms with Crippen LogP contribution >= 0.6 is 0 Å². The number of carbonyl (C=O) groups is 1. The highest BCUT2D eigenvalue weighted by atomic mass is 16.5. The number of nitrogens with zero attached hydrogens (tertiary/aromatic N) is 1. The molecule has 4 nitrogen and oxygen atoms in total. The zero-order valence-corrected chi connectivity index (χ0v) is 13.5. The molecular formula is C19H22N2O2. The molecule has 2 rings (SSSR count). The molecular weight excluding hydrogens is 288 g/mol. The fraction of sp³-hybridized carbons (Fsp3) is 0.211. The summed E-state index contributed by atoms with van der Waals surface area (Å²) in [7, 11) is 1.64. The molecule has 2 aromatic carbocycles. The Hall–Kier alpha value is -2.75. The van der Waals surface area contributed by atoms with Crippen molar-refractivity contribution in [2.24, 2.45) is 0 Å². The predicted molar refractivity (Wildman–Crippen MR) is 93.1 cm³/mol. The van der Waals surface area contributed by atoms with Crippen LogP contribution in [-0.4, -0.2) is 24.6 Å². The van der Waals surface area contributed by atoms with Crippen LogP contribution in [-0.2, 0) is 6.54 Å². The summed E-state index contributed by atoms with van der Waals surface area (Å²) in [5, 5.41) is 2.81. The van der Waals surface area contributed by atoms with Crippen LogP contribution < -0.4 is 10.1 Å². The molecule has 2 aromatic rings. The normalized spacial score (nSPS) is 10.5. The predicted octanol–water partition coefficient (Wildman–Crippen LogP) is 3.90. The van der Waals surface area contributed by atoms with Gasteiger partial charge in [0.1, 0.15) is 5.75 Å². The Balaban J connectivity index is 1.89. The molecule has 0 fully saturated rings. The van der Waals surface area contributed by atoms with Crippen molar-refractivity contribution in [3.05, 3.63) is 71.9 Å². The molecule has 23 heavy (non-hydrogen) atoms. The lowest BCUT2D eigenvalue weighted by Crippen LogP contribution is -2.36. The minimum Gasteiger partial charge on any atom is -0.497 e. The fourth-order valence-electron chi connectivity index (χ4n) is 2.15. The van der Waals surface area contributed by atoms with Crippen LogP contribution in [0.15, 0.2) is 60.8 Å². The fourth-order valence-corrected chi connectivity index (χ4v) is 2.15. The largest absolute Gasteiger partial charge is 0.497 e. The number of urea groups is 1. The number of hydrogen-bond acceptors (Lipinski definition) is 2. The Kier molecular flexibility index (Phi) is 6.24. The molecule has 0 spiro atoms. The standard InChI is InChI=1S/C19H22N2O2/c1-3-21(15-17-7-5-4-6-8-17)19(22)20-14-13-16-9-11-18(23-2)12-10-16/h4-14H,3,15H2,1-2H3,(H,20,22)/b14-13+. The van der Waals surface area contributed by atoms with E-state index in [4.69, 9.17) is 4.74 Å². The van der Waals surface area contributed by atoms with E-state index in [0.717, 1.165) is 16.9 Å². The quantitative estimate of drug-likeness (QED) is 0.879. The molecule has 4 heteroatoms. The second-order valence-corrected chi connectivity index (χ2v) is 5.06. The third kappa shape index (κ3) is 5.18. The summed E-state index contributed by atoms with van der Waals surface area (Å²) in [6.45, 7) is 3.21. The van der Waals surface area contributed by atoms with E-state index in [9.17, 15) is 4.79 Å². The average molecular weight is 310 g/mol. The van der Waals surface area contributed by atoms with E-state index in [2.05, 4.69) is 5.32 Å². The molecule has 2 amide bonds. The molecule has 0 aliphatic carbocycles. The molecule has 0 bridgehead atoms. The van der Waals surface area contributed by atoms with E-state index in [1.165, 1.54) is 0 Å². The van der Waals surface area contributed by atoms with Crippen LogP contribution in [0.1, 0.15) is 18.1 Å². The summed E-state index contributed by atoms with van der Waals surface area (Å²) in [4.78, 5) is 14.0. The number of amides is 2. The average Bonchev–Trinajstić information content (AvgIpc) is 2.61. The maximum Gasteiger partial charge on any atom is 0.321 e. The van der Waals surface area contributed by atoms with Gasteiger partial charge in [-0.1, -0.05) is 42.5 Å². The third-order valence-electron chi connectivity index (χ3n) is 3.48. The minimum atomic E-state index is -0.110. The second-order valence-electron chi connectivity index (χ2n) is 5.06. The van der Waals surface area contributed by atoms with E-state index in [0.29, 0.717) is 13.1 Å². The lowest BCUT2D eigenvalue weighted by Gasteiger charge is -2.20. The number of benzene rings is 2. The molecule has 0 aliphatic heterocycles. The van der Waals surface area contributed by atoms with E-state index in [-0.39, 0.29) is 6.03 Å². The van der Waals surface area contributed by atoms with Gasteiger partial charge >= 0.3 is 6.03 Å². The summed E-state index contributed by atoms with van der Waals surface area (Å²) in [5.74, 6) is 0.811. The van der Waals surface area contributed by atoms with Gasteiger partial charge in [0.15, 0.2) is 0 Å². The maximum absolute atomic E-state index is 12.2. The minimum absolute atomic E-state index is 0.110. The first-order chi connectivity index (χ1) is 11.2. The van der Waals surface area contributed by atoms with Crippen LogP contribution in [0.5, 0.6) is 5.75 Å². The van der Waals surface area contributed by atoms with Crippen LogP contribution in [0.4, 0.5) is 4.79 Å². The Bertz CT molecular complexity index is 636. The van der Waals surface area contributed by atoms with Gasteiger partial charge < -0.3 is 15.0 Å². The molecule has 0 unspecified atom stereocenters. The van der Waals surface area contributed by atoms with Crippen LogP contribution in [0.3, 0.4) is 0 Å². The highest BCUT2D eigenvalue weighted by Gasteiger charge is 2.09. The molecule has 0 aliphatic rings. The smallest absolute Gasteiger partial charge is 0.321 e. The summed E-state index contributed by atoms with van der Waals surface area (Å²) < 4.78 is 5.11. The molecule has 0 saturated heterocycles. The van der Waals surface area contributed by atoms with Gasteiger partial charge in [-0.2, -0.15) is 0 Å². The number of methoxy groups -OCH3 is 1. The molecule has 0 aromatic heterocycles. The van der Waals surface area contributed by atoms with Gasteiger partial charge in [-0.15, -0.1) is 0 Å². The molecule has 0 saturated carbocycles. The zero-order valence-electron chi connectivity index (χ0n) is 13.5. The van der Waals surface area contributed by atoms with Crippen LogP contribution in [0.2, 0.25) is 0 Å². The molecule has 0 radical (unpaired) electrons. The van der Waals surface area contributed by atoms with Crippen molar-refractivity contribution in [1.29, 1.82) is 0 Å². The van der Waals surface area contributed by atoms with Gasteiger partial charge in [-0.05, 0) is 36.3 Å². The highest BCUT2D eigenvalue weighted by molar-refractivity contribution is 5.76. The molecule has 0 heterocycles. The van der Waals surface area contributed by atoms with Gasteiger partial charge in [0.25, 0.3) is 0 Å². The van der Waals surface area contributed by atoms with Gasteiger partial charge in [0.05, 0.1) is 7.11 Å². The van der Waals surface area contributed by atoms with Crippen molar-refractivity contribution in [2.75, 3.05) is 13.7 Å². The van der Waals surface area contributed by atoms with Crippen molar-refractivity contribution in [2.45, 2.75) is 13.5 Å². The molecule has 120 valence electrons.